The largest absolute Gasteiger partial charge is 0.352 e. The van der Waals surface area contributed by atoms with E-state index in [2.05, 4.69) is 11.9 Å². The van der Waals surface area contributed by atoms with E-state index in [-0.39, 0.29) is 11.7 Å². The summed E-state index contributed by atoms with van der Waals surface area (Å²) in [6, 6.07) is 7.89. The highest BCUT2D eigenvalue weighted by Crippen LogP contribution is 2.32. The molecular weight excluding hydrogens is 288 g/mol. The minimum absolute atomic E-state index is 0.160. The van der Waals surface area contributed by atoms with Crippen molar-refractivity contribution >= 4 is 22.6 Å². The molecule has 0 aliphatic carbocycles. The summed E-state index contributed by atoms with van der Waals surface area (Å²) in [5.41, 5.74) is 2.49. The Morgan fingerprint density at radius 3 is 2.87 bits per heavy atom. The molecule has 2 aromatic rings. The van der Waals surface area contributed by atoms with E-state index in [0.717, 1.165) is 42.4 Å². The van der Waals surface area contributed by atoms with E-state index in [4.69, 9.17) is 0 Å². The van der Waals surface area contributed by atoms with Gasteiger partial charge in [-0.15, -0.1) is 0 Å². The second-order valence-corrected chi connectivity index (χ2v) is 7.00. The molecular formula is C19H22N2O2. The van der Waals surface area contributed by atoms with Crippen LogP contribution < -0.4 is 0 Å². The SMILES string of the molecule is CC[C@@H]1C[C@@H]2CC(=O)c3[nH]c4ccccc4c3CC(=O)N(C1)C2. The van der Waals surface area contributed by atoms with Gasteiger partial charge in [0, 0.05) is 30.4 Å². The third kappa shape index (κ3) is 2.46. The average molecular weight is 310 g/mol. The first-order valence-electron chi connectivity index (χ1n) is 8.56. The van der Waals surface area contributed by atoms with Crippen LogP contribution in [0.3, 0.4) is 0 Å². The van der Waals surface area contributed by atoms with Crippen LogP contribution in [0.1, 0.15) is 42.2 Å². The molecule has 2 atom stereocenters. The van der Waals surface area contributed by atoms with Gasteiger partial charge in [-0.1, -0.05) is 31.5 Å². The molecule has 1 fully saturated rings. The molecule has 1 amide bonds. The highest BCUT2D eigenvalue weighted by atomic mass is 16.2. The molecule has 120 valence electrons. The monoisotopic (exact) mass is 310 g/mol. The number of piperidine rings is 1. The van der Waals surface area contributed by atoms with Crippen molar-refractivity contribution < 1.29 is 9.59 Å². The summed E-state index contributed by atoms with van der Waals surface area (Å²) >= 11 is 0. The van der Waals surface area contributed by atoms with Gasteiger partial charge in [0.05, 0.1) is 12.1 Å². The summed E-state index contributed by atoms with van der Waals surface area (Å²) in [4.78, 5) is 30.9. The van der Waals surface area contributed by atoms with Crippen LogP contribution in [0, 0.1) is 11.8 Å². The standard InChI is InChI=1S/C19H22N2O2/c1-2-12-7-13-8-17(22)19-15(9-18(23)21(10-12)11-13)14-5-3-4-6-16(14)20-19/h3-6,12-13,20H,2,7-11H2,1H3/t12-,13-/m1/s1. The summed E-state index contributed by atoms with van der Waals surface area (Å²) in [7, 11) is 0. The Bertz CT molecular complexity index is 777. The summed E-state index contributed by atoms with van der Waals surface area (Å²) in [5.74, 6) is 1.14. The molecule has 0 radical (unpaired) electrons. The fourth-order valence-corrected chi connectivity index (χ4v) is 4.21. The normalized spacial score (nSPS) is 25.0. The molecule has 2 aliphatic rings. The van der Waals surface area contributed by atoms with Gasteiger partial charge in [0.1, 0.15) is 0 Å². The van der Waals surface area contributed by atoms with Crippen LogP contribution in [0.15, 0.2) is 24.3 Å². The number of aromatic amines is 1. The number of para-hydroxylation sites is 1. The first-order chi connectivity index (χ1) is 11.2. The van der Waals surface area contributed by atoms with Crippen molar-refractivity contribution in [1.29, 1.82) is 0 Å². The summed E-state index contributed by atoms with van der Waals surface area (Å²) in [5, 5.41) is 1.01. The Labute approximate surface area is 135 Å². The maximum Gasteiger partial charge on any atom is 0.227 e. The van der Waals surface area contributed by atoms with E-state index in [0.29, 0.717) is 30.4 Å². The van der Waals surface area contributed by atoms with E-state index in [1.807, 2.05) is 29.2 Å². The molecule has 1 aromatic heterocycles. The number of carbonyl (C=O) groups is 2. The number of aromatic nitrogens is 1. The number of hydrogen-bond acceptors (Lipinski definition) is 2. The number of nitrogens with one attached hydrogen (secondary N) is 1. The lowest BCUT2D eigenvalue weighted by Gasteiger charge is -2.37. The molecule has 3 heterocycles. The zero-order valence-corrected chi connectivity index (χ0v) is 13.5. The fourth-order valence-electron chi connectivity index (χ4n) is 4.21. The number of Topliss-reactive ketones (excluding diaryl/α,β-unsaturated/α-hetero) is 1. The molecule has 0 saturated carbocycles. The molecule has 4 nitrogen and oxygen atoms in total. The molecule has 2 bridgehead atoms. The molecule has 0 unspecified atom stereocenters. The van der Waals surface area contributed by atoms with Crippen LogP contribution in [-0.4, -0.2) is 34.7 Å². The number of benzene rings is 1. The summed E-state index contributed by atoms with van der Waals surface area (Å²) < 4.78 is 0. The topological polar surface area (TPSA) is 53.2 Å². The lowest BCUT2D eigenvalue weighted by atomic mass is 9.84. The van der Waals surface area contributed by atoms with Crippen molar-refractivity contribution in [3.8, 4) is 0 Å². The molecule has 23 heavy (non-hydrogen) atoms. The second-order valence-electron chi connectivity index (χ2n) is 7.00. The van der Waals surface area contributed by atoms with Crippen molar-refractivity contribution in [2.45, 2.75) is 32.6 Å². The lowest BCUT2D eigenvalue weighted by molar-refractivity contribution is -0.133. The maximum atomic E-state index is 12.8. The van der Waals surface area contributed by atoms with Gasteiger partial charge in [-0.25, -0.2) is 0 Å². The number of rotatable bonds is 1. The number of H-pyrrole nitrogens is 1. The number of nitrogens with zero attached hydrogens (tertiary/aromatic N) is 1. The molecule has 2 aliphatic heterocycles. The Morgan fingerprint density at radius 1 is 1.22 bits per heavy atom. The lowest BCUT2D eigenvalue weighted by Crippen LogP contribution is -2.44. The number of hydrogen-bond donors (Lipinski definition) is 1. The Kier molecular flexibility index (Phi) is 3.47. The molecule has 4 heteroatoms. The van der Waals surface area contributed by atoms with Crippen LogP contribution in [0.25, 0.3) is 10.9 Å². The number of ketones is 1. The van der Waals surface area contributed by atoms with Crippen molar-refractivity contribution in [3.63, 3.8) is 0 Å². The highest BCUT2D eigenvalue weighted by molar-refractivity contribution is 6.04. The first kappa shape index (κ1) is 14.5. The van der Waals surface area contributed by atoms with Crippen molar-refractivity contribution in [3.05, 3.63) is 35.5 Å². The molecule has 1 aromatic carbocycles. The Balaban J connectivity index is 1.80. The number of fused-ring (bicyclic) bond motifs is 5. The fraction of sp³-hybridized carbons (Fsp3) is 0.474. The number of carbonyl (C=O) groups excluding carboxylic acids is 2. The smallest absolute Gasteiger partial charge is 0.227 e. The van der Waals surface area contributed by atoms with Crippen molar-refractivity contribution in [2.75, 3.05) is 13.1 Å². The van der Waals surface area contributed by atoms with Gasteiger partial charge in [0.15, 0.2) is 5.78 Å². The summed E-state index contributed by atoms with van der Waals surface area (Å²) in [6.07, 6.45) is 3.00. The summed E-state index contributed by atoms with van der Waals surface area (Å²) in [6.45, 7) is 3.76. The number of amides is 1. The van der Waals surface area contributed by atoms with Crippen molar-refractivity contribution in [2.24, 2.45) is 11.8 Å². The second kappa shape index (κ2) is 5.52. The van der Waals surface area contributed by atoms with Crippen LogP contribution >= 0.6 is 0 Å². The van der Waals surface area contributed by atoms with E-state index < -0.39 is 0 Å². The first-order valence-corrected chi connectivity index (χ1v) is 8.56. The van der Waals surface area contributed by atoms with E-state index in [1.54, 1.807) is 0 Å². The van der Waals surface area contributed by atoms with Gasteiger partial charge < -0.3 is 9.88 Å². The van der Waals surface area contributed by atoms with Crippen LogP contribution in [-0.2, 0) is 11.2 Å². The Morgan fingerprint density at radius 2 is 2.04 bits per heavy atom. The maximum absolute atomic E-state index is 12.8. The molecule has 1 saturated heterocycles. The predicted molar refractivity (Wildman–Crippen MR) is 89.4 cm³/mol. The third-order valence-electron chi connectivity index (χ3n) is 5.45. The minimum atomic E-state index is 0.160. The van der Waals surface area contributed by atoms with Gasteiger partial charge >= 0.3 is 0 Å². The predicted octanol–water partition coefficient (Wildman–Crippen LogP) is 3.17. The van der Waals surface area contributed by atoms with Gasteiger partial charge in [-0.2, -0.15) is 0 Å². The van der Waals surface area contributed by atoms with Gasteiger partial charge in [-0.3, -0.25) is 9.59 Å². The van der Waals surface area contributed by atoms with E-state index in [1.165, 1.54) is 0 Å². The van der Waals surface area contributed by atoms with Crippen molar-refractivity contribution in [1.82, 2.24) is 9.88 Å². The van der Waals surface area contributed by atoms with Crippen LogP contribution in [0.4, 0.5) is 0 Å². The van der Waals surface area contributed by atoms with Gasteiger partial charge in [0.25, 0.3) is 0 Å². The molecule has 4 rings (SSSR count). The van der Waals surface area contributed by atoms with Gasteiger partial charge in [0.2, 0.25) is 5.91 Å². The molecule has 0 spiro atoms. The minimum Gasteiger partial charge on any atom is -0.352 e. The Hall–Kier alpha value is -2.10. The van der Waals surface area contributed by atoms with E-state index >= 15 is 0 Å². The average Bonchev–Trinajstić information content (AvgIpc) is 2.93. The van der Waals surface area contributed by atoms with Gasteiger partial charge in [-0.05, 0) is 29.9 Å². The third-order valence-corrected chi connectivity index (χ3v) is 5.45. The molecule has 1 N–H and O–H groups in total. The highest BCUT2D eigenvalue weighted by Gasteiger charge is 2.34. The quantitative estimate of drug-likeness (QED) is 0.879. The van der Waals surface area contributed by atoms with E-state index in [9.17, 15) is 9.59 Å². The zero-order valence-electron chi connectivity index (χ0n) is 13.5. The zero-order chi connectivity index (χ0) is 16.0. The van der Waals surface area contributed by atoms with Crippen LogP contribution in [0.2, 0.25) is 0 Å². The van der Waals surface area contributed by atoms with Crippen LogP contribution in [0.5, 0.6) is 0 Å².